The van der Waals surface area contributed by atoms with Crippen LogP contribution in [0.2, 0.25) is 4.34 Å². The molecular weight excluding hydrogens is 438 g/mol. The molecule has 0 aliphatic carbocycles. The van der Waals surface area contributed by atoms with Crippen molar-refractivity contribution in [3.8, 4) is 0 Å². The van der Waals surface area contributed by atoms with Gasteiger partial charge in [0.15, 0.2) is 0 Å². The van der Waals surface area contributed by atoms with Crippen molar-refractivity contribution >= 4 is 57.2 Å². The Hall–Kier alpha value is -2.14. The minimum Gasteiger partial charge on any atom is -0.442 e. The molecular formula is C18H18ClN3O5S2. The molecule has 3 amide bonds. The maximum absolute atomic E-state index is 12.3. The fourth-order valence-electron chi connectivity index (χ4n) is 3.06. The van der Waals surface area contributed by atoms with Crippen LogP contribution >= 0.6 is 34.3 Å². The third kappa shape index (κ3) is 4.72. The summed E-state index contributed by atoms with van der Waals surface area (Å²) in [5.41, 5.74) is 0.958. The molecule has 2 aliphatic heterocycles. The van der Waals surface area contributed by atoms with E-state index in [0.717, 1.165) is 10.6 Å². The van der Waals surface area contributed by atoms with Crippen molar-refractivity contribution in [3.63, 3.8) is 0 Å². The Balaban J connectivity index is 1.31. The number of rotatable bonds is 6. The first-order chi connectivity index (χ1) is 14.0. The van der Waals surface area contributed by atoms with Crippen molar-refractivity contribution in [1.29, 1.82) is 0 Å². The van der Waals surface area contributed by atoms with Gasteiger partial charge in [0.2, 0.25) is 5.91 Å². The lowest BCUT2D eigenvalue weighted by Crippen LogP contribution is -2.40. The van der Waals surface area contributed by atoms with Gasteiger partial charge in [-0.15, -0.1) is 22.7 Å². The van der Waals surface area contributed by atoms with Crippen LogP contribution in [0.3, 0.4) is 0 Å². The van der Waals surface area contributed by atoms with Crippen molar-refractivity contribution < 1.29 is 23.9 Å². The molecule has 29 heavy (non-hydrogen) atoms. The van der Waals surface area contributed by atoms with Crippen LogP contribution in [0.4, 0.5) is 9.80 Å². The quantitative estimate of drug-likeness (QED) is 0.723. The van der Waals surface area contributed by atoms with Crippen molar-refractivity contribution in [2.75, 3.05) is 37.7 Å². The van der Waals surface area contributed by atoms with Crippen LogP contribution in [-0.4, -0.2) is 61.8 Å². The number of cyclic esters (lactones) is 1. The Labute approximate surface area is 179 Å². The molecule has 2 saturated heterocycles. The number of nitrogens with zero attached hydrogens (tertiary/aromatic N) is 2. The van der Waals surface area contributed by atoms with Crippen LogP contribution in [0, 0.1) is 0 Å². The molecule has 11 heteroatoms. The highest BCUT2D eigenvalue weighted by Crippen LogP contribution is 2.29. The summed E-state index contributed by atoms with van der Waals surface area (Å²) in [6.07, 6.45) is -0.882. The number of thiophene rings is 2. The highest BCUT2D eigenvalue weighted by atomic mass is 35.5. The van der Waals surface area contributed by atoms with Crippen molar-refractivity contribution in [3.05, 3.63) is 38.4 Å². The lowest BCUT2D eigenvalue weighted by Gasteiger charge is -2.26. The van der Waals surface area contributed by atoms with E-state index in [2.05, 4.69) is 5.32 Å². The minimum atomic E-state index is -0.445. The van der Waals surface area contributed by atoms with E-state index in [1.54, 1.807) is 21.9 Å². The second-order valence-electron chi connectivity index (χ2n) is 6.59. The number of amides is 3. The number of hydrogen-bond donors (Lipinski definition) is 1. The summed E-state index contributed by atoms with van der Waals surface area (Å²) >= 11 is 8.46. The number of morpholine rings is 1. The molecule has 154 valence electrons. The number of nitrogens with one attached hydrogen (secondary N) is 1. The van der Waals surface area contributed by atoms with E-state index in [1.165, 1.54) is 22.7 Å². The molecule has 0 spiro atoms. The van der Waals surface area contributed by atoms with E-state index < -0.39 is 12.2 Å². The van der Waals surface area contributed by atoms with Gasteiger partial charge in [0.1, 0.15) is 17.7 Å². The van der Waals surface area contributed by atoms with Gasteiger partial charge >= 0.3 is 6.09 Å². The summed E-state index contributed by atoms with van der Waals surface area (Å²) in [6, 6.07) is 5.21. The minimum absolute atomic E-state index is 0.0348. The highest BCUT2D eigenvalue weighted by molar-refractivity contribution is 7.18. The van der Waals surface area contributed by atoms with Gasteiger partial charge in [-0.2, -0.15) is 0 Å². The normalized spacial score (nSPS) is 19.6. The molecule has 0 bridgehead atoms. The van der Waals surface area contributed by atoms with Crippen LogP contribution in [0.1, 0.15) is 15.2 Å². The van der Waals surface area contributed by atoms with Crippen LogP contribution in [0.15, 0.2) is 23.6 Å². The number of carbonyl (C=O) groups excluding carboxylic acids is 3. The molecule has 2 aromatic rings. The molecule has 2 aliphatic rings. The molecule has 8 nitrogen and oxygen atoms in total. The molecule has 4 heterocycles. The number of halogens is 1. The zero-order valence-electron chi connectivity index (χ0n) is 15.3. The predicted octanol–water partition coefficient (Wildman–Crippen LogP) is 2.58. The van der Waals surface area contributed by atoms with Crippen molar-refractivity contribution in [2.45, 2.75) is 12.6 Å². The molecule has 0 unspecified atom stereocenters. The zero-order valence-corrected chi connectivity index (χ0v) is 17.6. The first-order valence-corrected chi connectivity index (χ1v) is 11.0. The number of hydrogen-bond acceptors (Lipinski definition) is 7. The molecule has 0 aromatic carbocycles. The van der Waals surface area contributed by atoms with Gasteiger partial charge in [0, 0.05) is 13.1 Å². The van der Waals surface area contributed by atoms with Crippen LogP contribution in [0.25, 0.3) is 0 Å². The molecule has 2 fully saturated rings. The largest absolute Gasteiger partial charge is 0.442 e. The van der Waals surface area contributed by atoms with E-state index in [1.807, 2.05) is 11.4 Å². The number of carbonyl (C=O) groups is 3. The Morgan fingerprint density at radius 2 is 2.21 bits per heavy atom. The Morgan fingerprint density at radius 1 is 1.34 bits per heavy atom. The van der Waals surface area contributed by atoms with Crippen molar-refractivity contribution in [1.82, 2.24) is 10.2 Å². The predicted molar refractivity (Wildman–Crippen MR) is 110 cm³/mol. The third-order valence-corrected chi connectivity index (χ3v) is 6.75. The van der Waals surface area contributed by atoms with Crippen LogP contribution in [0.5, 0.6) is 0 Å². The Morgan fingerprint density at radius 3 is 2.97 bits per heavy atom. The summed E-state index contributed by atoms with van der Waals surface area (Å²) in [7, 11) is 0. The van der Waals surface area contributed by atoms with Gasteiger partial charge in [-0.25, -0.2) is 4.79 Å². The van der Waals surface area contributed by atoms with E-state index in [4.69, 9.17) is 21.1 Å². The average molecular weight is 456 g/mol. The van der Waals surface area contributed by atoms with Gasteiger partial charge < -0.3 is 19.7 Å². The van der Waals surface area contributed by atoms with Gasteiger partial charge in [-0.1, -0.05) is 11.6 Å². The number of anilines is 1. The smallest absolute Gasteiger partial charge is 0.415 e. The molecule has 0 radical (unpaired) electrons. The molecule has 4 rings (SSSR count). The maximum Gasteiger partial charge on any atom is 0.415 e. The third-order valence-electron chi connectivity index (χ3n) is 4.52. The van der Waals surface area contributed by atoms with Gasteiger partial charge in [-0.3, -0.25) is 14.5 Å². The summed E-state index contributed by atoms with van der Waals surface area (Å²) in [5.74, 6) is -0.280. The lowest BCUT2D eigenvalue weighted by molar-refractivity contribution is -0.143. The molecule has 0 saturated carbocycles. The summed E-state index contributed by atoms with van der Waals surface area (Å²) < 4.78 is 11.1. The standard InChI is InChI=1S/C18H18ClN3O5S2/c19-14-2-1-13(29-14)17(24)20-6-12-8-22(18(25)27-12)16-5-11(10-28-16)7-21-3-4-26-9-15(21)23/h1-2,5,10,12H,3-4,6-9H2,(H,20,24)/t12-/m0/s1. The summed E-state index contributed by atoms with van der Waals surface area (Å²) in [6.45, 7) is 2.27. The fourth-order valence-corrected chi connectivity index (χ4v) is 4.93. The Kier molecular flexibility index (Phi) is 6.04. The monoisotopic (exact) mass is 455 g/mol. The first kappa shape index (κ1) is 20.1. The zero-order chi connectivity index (χ0) is 20.4. The van der Waals surface area contributed by atoms with Crippen molar-refractivity contribution in [2.24, 2.45) is 0 Å². The first-order valence-electron chi connectivity index (χ1n) is 8.94. The second-order valence-corrected chi connectivity index (χ2v) is 9.20. The fraction of sp³-hybridized carbons (Fsp3) is 0.389. The SMILES string of the molecule is O=C(NC[C@H]1CN(c2cc(CN3CCOCC3=O)cs2)C(=O)O1)c1ccc(Cl)s1. The van der Waals surface area contributed by atoms with E-state index in [0.29, 0.717) is 35.5 Å². The second kappa shape index (κ2) is 8.70. The number of ether oxygens (including phenoxy) is 2. The molecule has 1 atom stereocenters. The summed E-state index contributed by atoms with van der Waals surface area (Å²) in [4.78, 5) is 40.0. The Bertz CT molecular complexity index is 930. The lowest BCUT2D eigenvalue weighted by atomic mass is 10.2. The van der Waals surface area contributed by atoms with Gasteiger partial charge in [-0.05, 0) is 29.1 Å². The summed E-state index contributed by atoms with van der Waals surface area (Å²) in [5, 5.41) is 5.45. The van der Waals surface area contributed by atoms with Crippen LogP contribution < -0.4 is 10.2 Å². The average Bonchev–Trinajstić information content (AvgIpc) is 3.42. The van der Waals surface area contributed by atoms with Crippen LogP contribution in [-0.2, 0) is 20.8 Å². The van der Waals surface area contributed by atoms with Gasteiger partial charge in [0.05, 0.1) is 28.9 Å². The highest BCUT2D eigenvalue weighted by Gasteiger charge is 2.33. The van der Waals surface area contributed by atoms with E-state index in [-0.39, 0.29) is 25.0 Å². The van der Waals surface area contributed by atoms with E-state index in [9.17, 15) is 14.4 Å². The molecule has 2 aromatic heterocycles. The maximum atomic E-state index is 12.3. The molecule has 1 N–H and O–H groups in total. The van der Waals surface area contributed by atoms with Gasteiger partial charge in [0.25, 0.3) is 5.91 Å². The topological polar surface area (TPSA) is 88.2 Å². The van der Waals surface area contributed by atoms with E-state index >= 15 is 0 Å².